The first-order valence-electron chi connectivity index (χ1n) is 18.8. The van der Waals surface area contributed by atoms with Gasteiger partial charge in [0.05, 0.1) is 0 Å². The van der Waals surface area contributed by atoms with Crippen LogP contribution in [0.4, 0.5) is 0 Å². The van der Waals surface area contributed by atoms with Crippen LogP contribution in [0, 0.1) is 23.7 Å². The van der Waals surface area contributed by atoms with Crippen molar-refractivity contribution in [2.45, 2.75) is 31.8 Å². The molecule has 6 aromatic carbocycles. The third-order valence-corrected chi connectivity index (χ3v) is 16.7. The first-order valence-corrected chi connectivity index (χ1v) is 21.4. The third kappa shape index (κ3) is 5.33. The zero-order valence-electron chi connectivity index (χ0n) is 29.1. The van der Waals surface area contributed by atoms with Gasteiger partial charge in [0.2, 0.25) is 12.6 Å². The molecular weight excluding hydrogens is 690 g/mol. The molecule has 6 heteroatoms. The summed E-state index contributed by atoms with van der Waals surface area (Å²) in [7, 11) is -2.02. The fourth-order valence-corrected chi connectivity index (χ4v) is 14.4. The van der Waals surface area contributed by atoms with Crippen LogP contribution < -0.4 is 50.8 Å². The van der Waals surface area contributed by atoms with Gasteiger partial charge in [0, 0.05) is 24.0 Å². The van der Waals surface area contributed by atoms with E-state index >= 15 is 0 Å². The Kier molecular flexibility index (Phi) is 7.70. The molecule has 53 heavy (non-hydrogen) atoms. The molecule has 6 bridgehead atoms. The molecule has 3 heterocycles. The molecule has 0 aromatic heterocycles. The van der Waals surface area contributed by atoms with Crippen LogP contribution in [-0.2, 0) is 0 Å². The van der Waals surface area contributed by atoms with Crippen molar-refractivity contribution >= 4 is 47.7 Å². The minimum atomic E-state index is -1.01. The van der Waals surface area contributed by atoms with E-state index in [4.69, 9.17) is 18.9 Å². The molecule has 5 aliphatic rings. The number of fused-ring (bicyclic) bond motifs is 8. The highest BCUT2D eigenvalue weighted by Gasteiger charge is 2.49. The summed E-state index contributed by atoms with van der Waals surface area (Å²) < 4.78 is 28.0. The topological polar surface area (TPSA) is 36.9 Å². The van der Waals surface area contributed by atoms with Gasteiger partial charge < -0.3 is 18.9 Å². The summed E-state index contributed by atoms with van der Waals surface area (Å²) in [5.74, 6) is 5.23. The minimum absolute atomic E-state index is 0.348. The van der Waals surface area contributed by atoms with Gasteiger partial charge in [-0.05, 0) is 102 Å². The van der Waals surface area contributed by atoms with E-state index in [-0.39, 0.29) is 12.6 Å². The first-order chi connectivity index (χ1) is 26.3. The van der Waals surface area contributed by atoms with Gasteiger partial charge in [-0.1, -0.05) is 133 Å². The predicted molar refractivity (Wildman–Crippen MR) is 216 cm³/mol. The van der Waals surface area contributed by atoms with Crippen molar-refractivity contribution in [2.75, 3.05) is 0 Å². The predicted octanol–water partition coefficient (Wildman–Crippen LogP) is 8.30. The molecule has 0 radical (unpaired) electrons. The zero-order chi connectivity index (χ0) is 34.9. The Labute approximate surface area is 312 Å². The highest BCUT2D eigenvalue weighted by Crippen LogP contribution is 2.58. The van der Waals surface area contributed by atoms with E-state index in [0.717, 1.165) is 47.0 Å². The summed E-state index contributed by atoms with van der Waals surface area (Å²) in [5, 5.41) is 7.55. The molecule has 1 saturated carbocycles. The highest BCUT2D eigenvalue weighted by molar-refractivity contribution is 7.80. The summed E-state index contributed by atoms with van der Waals surface area (Å²) in [6, 6.07) is 52.7. The van der Waals surface area contributed by atoms with Gasteiger partial charge in [0.1, 0.15) is 0 Å². The minimum Gasteiger partial charge on any atom is -0.451 e. The van der Waals surface area contributed by atoms with E-state index in [1.165, 1.54) is 38.2 Å². The summed E-state index contributed by atoms with van der Waals surface area (Å²) in [6.07, 6.45) is 7.05. The van der Waals surface area contributed by atoms with E-state index in [1.54, 1.807) is 0 Å². The van der Waals surface area contributed by atoms with Crippen LogP contribution in [-0.4, -0.2) is 12.6 Å². The summed E-state index contributed by atoms with van der Waals surface area (Å²) in [6.45, 7) is 0. The Bertz CT molecular complexity index is 2090. The molecule has 1 fully saturated rings. The lowest BCUT2D eigenvalue weighted by molar-refractivity contribution is -0.00992. The van der Waals surface area contributed by atoms with Crippen molar-refractivity contribution in [3.05, 3.63) is 158 Å². The monoisotopic (exact) mass is 728 g/mol. The van der Waals surface area contributed by atoms with Gasteiger partial charge in [0.25, 0.3) is 0 Å². The Morgan fingerprint density at radius 2 is 0.736 bits per heavy atom. The average molecular weight is 729 g/mol. The summed E-state index contributed by atoms with van der Waals surface area (Å²) in [5.41, 5.74) is 2.12. The van der Waals surface area contributed by atoms with Crippen LogP contribution in [0.25, 0.3) is 11.1 Å². The number of allylic oxidation sites excluding steroid dienone is 2. The number of ether oxygens (including phenoxy) is 4. The molecule has 4 nitrogen and oxygen atoms in total. The Morgan fingerprint density at radius 3 is 1.09 bits per heavy atom. The van der Waals surface area contributed by atoms with Crippen LogP contribution in [0.5, 0.6) is 23.0 Å². The molecule has 260 valence electrons. The number of hydrogen-bond donors (Lipinski definition) is 0. The van der Waals surface area contributed by atoms with Crippen LogP contribution in [0.1, 0.15) is 19.3 Å². The van der Waals surface area contributed by atoms with Gasteiger partial charge in [-0.25, -0.2) is 0 Å². The van der Waals surface area contributed by atoms with Crippen molar-refractivity contribution in [3.63, 3.8) is 0 Å². The first kappa shape index (κ1) is 31.6. The Hall–Kier alpha value is -4.88. The normalized spacial score (nSPS) is 24.1. The molecule has 6 atom stereocenters. The molecule has 11 rings (SSSR count). The average Bonchev–Trinajstić information content (AvgIpc) is 4.01. The lowest BCUT2D eigenvalue weighted by Crippen LogP contribution is -2.33. The van der Waals surface area contributed by atoms with Crippen molar-refractivity contribution < 1.29 is 18.9 Å². The maximum Gasteiger partial charge on any atom is 0.241 e. The number of rotatable bonds is 6. The zero-order valence-corrected chi connectivity index (χ0v) is 30.9. The second-order valence-electron chi connectivity index (χ2n) is 14.7. The largest absolute Gasteiger partial charge is 0.451 e. The smallest absolute Gasteiger partial charge is 0.241 e. The van der Waals surface area contributed by atoms with Crippen LogP contribution >= 0.6 is 15.8 Å². The molecule has 0 amide bonds. The second-order valence-corrected chi connectivity index (χ2v) is 19.0. The Balaban J connectivity index is 1.21. The van der Waals surface area contributed by atoms with Crippen LogP contribution in [0.15, 0.2) is 158 Å². The van der Waals surface area contributed by atoms with Gasteiger partial charge in [0.15, 0.2) is 23.0 Å². The van der Waals surface area contributed by atoms with Crippen LogP contribution in [0.2, 0.25) is 0 Å². The molecule has 6 aromatic rings. The summed E-state index contributed by atoms with van der Waals surface area (Å²) in [4.78, 5) is 0. The Morgan fingerprint density at radius 1 is 0.377 bits per heavy atom. The SMILES string of the molecule is C1=C[C@@H]2CC1C1CC3Oc4ccc(P(c5ccccc5)c5ccccc5)c(c4O3)-c3c(P(c4ccccc4)c4ccccc4)ccc4c3OC(CC12)O4. The third-order valence-electron chi connectivity index (χ3n) is 11.7. The van der Waals surface area contributed by atoms with E-state index in [2.05, 4.69) is 158 Å². The number of benzene rings is 6. The van der Waals surface area contributed by atoms with Crippen LogP contribution in [0.3, 0.4) is 0 Å². The molecule has 5 unspecified atom stereocenters. The van der Waals surface area contributed by atoms with E-state index in [1.807, 2.05) is 0 Å². The van der Waals surface area contributed by atoms with Crippen molar-refractivity contribution in [1.29, 1.82) is 0 Å². The summed E-state index contributed by atoms with van der Waals surface area (Å²) >= 11 is 0. The lowest BCUT2D eigenvalue weighted by Gasteiger charge is -2.31. The lowest BCUT2D eigenvalue weighted by atomic mass is 9.79. The van der Waals surface area contributed by atoms with Gasteiger partial charge in [-0.2, -0.15) is 0 Å². The molecular formula is C47H38O4P2. The standard InChI is InChI=1S/C47H38O4P2/c1-5-13-32(14-6-1)52(33-15-7-2-8-16-33)40-25-23-38-46-44(40)45-41(53(34-17-9-3-10-18-34)35-19-11-4-12-20-35)26-24-39-47(45)51-43(49-39)29-37-31-22-21-30(27-31)36(37)28-42(48-38)50-46/h1-26,30-31,36-37,42-43H,27-29H2/t30-,31?,36?,37?,42?,43?/m1/s1. The van der Waals surface area contributed by atoms with Gasteiger partial charge in [-0.15, -0.1) is 0 Å². The fourth-order valence-electron chi connectivity index (χ4n) is 9.50. The quantitative estimate of drug-likeness (QED) is 0.128. The molecule has 0 N–H and O–H groups in total. The van der Waals surface area contributed by atoms with Crippen molar-refractivity contribution in [2.24, 2.45) is 23.7 Å². The highest BCUT2D eigenvalue weighted by atomic mass is 31.1. The van der Waals surface area contributed by atoms with E-state index in [9.17, 15) is 0 Å². The van der Waals surface area contributed by atoms with Gasteiger partial charge >= 0.3 is 0 Å². The number of hydrogen-bond acceptors (Lipinski definition) is 4. The van der Waals surface area contributed by atoms with E-state index in [0.29, 0.717) is 23.7 Å². The molecule has 3 aliphatic heterocycles. The van der Waals surface area contributed by atoms with Crippen molar-refractivity contribution in [3.8, 4) is 34.1 Å². The van der Waals surface area contributed by atoms with E-state index < -0.39 is 15.8 Å². The fraction of sp³-hybridized carbons (Fsp3) is 0.191. The second kappa shape index (κ2) is 12.9. The molecule has 2 aliphatic carbocycles. The van der Waals surface area contributed by atoms with Gasteiger partial charge in [-0.3, -0.25) is 0 Å². The maximum absolute atomic E-state index is 7.17. The maximum atomic E-state index is 7.17. The molecule has 0 saturated heterocycles. The molecule has 0 spiro atoms. The van der Waals surface area contributed by atoms with Crippen molar-refractivity contribution in [1.82, 2.24) is 0 Å².